The Morgan fingerprint density at radius 2 is 1.81 bits per heavy atom. The summed E-state index contributed by atoms with van der Waals surface area (Å²) in [5, 5.41) is 11.6. The van der Waals surface area contributed by atoms with Gasteiger partial charge in [0, 0.05) is 11.6 Å². The van der Waals surface area contributed by atoms with Gasteiger partial charge in [0.05, 0.1) is 21.0 Å². The Balaban J connectivity index is 1.69. The van der Waals surface area contributed by atoms with Gasteiger partial charge in [0.1, 0.15) is 5.51 Å². The van der Waals surface area contributed by atoms with Crippen molar-refractivity contribution in [2.75, 3.05) is 10.8 Å². The summed E-state index contributed by atoms with van der Waals surface area (Å²) in [5.41, 5.74) is 1.96. The lowest BCUT2D eigenvalue weighted by atomic mass is 10.1. The molecule has 0 aliphatic carbocycles. The highest BCUT2D eigenvalue weighted by Gasteiger charge is 2.36. The minimum atomic E-state index is -3.83. The van der Waals surface area contributed by atoms with Crippen molar-refractivity contribution >= 4 is 55.6 Å². The quantitative estimate of drug-likeness (QED) is 0.490. The molecule has 1 amide bonds. The average molecular weight is 513 g/mol. The van der Waals surface area contributed by atoms with Gasteiger partial charge in [-0.3, -0.25) is 4.79 Å². The first-order valence-electron chi connectivity index (χ1n) is 9.64. The minimum absolute atomic E-state index is 0.154. The summed E-state index contributed by atoms with van der Waals surface area (Å²) >= 11 is 13.1. The molecule has 3 aromatic rings. The SMILES string of the molecule is CC(C)(C)N(c1nncs1)S(=O)(=O)c1ccc(CCNC(=O)c2cc(Cl)ccc2Cl)cc1. The van der Waals surface area contributed by atoms with E-state index in [1.54, 1.807) is 57.2 Å². The molecule has 170 valence electrons. The second-order valence-corrected chi connectivity index (χ2v) is 11.4. The standard InChI is InChI=1S/C21H22Cl2N4O3S2/c1-21(2,3)27(20-26-25-13-31-20)32(29,30)16-7-4-14(5-8-16)10-11-24-19(28)17-12-15(22)6-9-18(17)23/h4-9,12-13H,10-11H2,1-3H3,(H,24,28). The van der Waals surface area contributed by atoms with Crippen LogP contribution in [0.25, 0.3) is 0 Å². The van der Waals surface area contributed by atoms with Crippen molar-refractivity contribution in [3.8, 4) is 0 Å². The van der Waals surface area contributed by atoms with Gasteiger partial charge in [-0.15, -0.1) is 10.2 Å². The van der Waals surface area contributed by atoms with Gasteiger partial charge >= 0.3 is 0 Å². The molecule has 32 heavy (non-hydrogen) atoms. The lowest BCUT2D eigenvalue weighted by Crippen LogP contribution is -2.45. The van der Waals surface area contributed by atoms with Crippen LogP contribution in [0.3, 0.4) is 0 Å². The number of aromatic nitrogens is 2. The maximum Gasteiger partial charge on any atom is 0.266 e. The van der Waals surface area contributed by atoms with Gasteiger partial charge in [-0.05, 0) is 63.1 Å². The van der Waals surface area contributed by atoms with Gasteiger partial charge in [-0.25, -0.2) is 12.7 Å². The van der Waals surface area contributed by atoms with Gasteiger partial charge in [0.25, 0.3) is 15.9 Å². The Morgan fingerprint density at radius 1 is 1.12 bits per heavy atom. The van der Waals surface area contributed by atoms with Crippen LogP contribution in [0.4, 0.5) is 5.13 Å². The molecule has 1 aromatic heterocycles. The third-order valence-electron chi connectivity index (χ3n) is 4.47. The first-order chi connectivity index (χ1) is 15.0. The molecule has 0 radical (unpaired) electrons. The van der Waals surface area contributed by atoms with Gasteiger partial charge < -0.3 is 5.32 Å². The van der Waals surface area contributed by atoms with E-state index in [1.807, 2.05) is 0 Å². The molecule has 0 spiro atoms. The van der Waals surface area contributed by atoms with Gasteiger partial charge in [0.2, 0.25) is 5.13 Å². The molecule has 0 atom stereocenters. The Bertz CT molecular complexity index is 1190. The number of carbonyl (C=O) groups excluding carboxylic acids is 1. The number of benzene rings is 2. The largest absolute Gasteiger partial charge is 0.352 e. The molecular formula is C21H22Cl2N4O3S2. The zero-order chi connectivity index (χ0) is 23.5. The van der Waals surface area contributed by atoms with Gasteiger partial charge in [0.15, 0.2) is 0 Å². The molecule has 0 aliphatic heterocycles. The summed E-state index contributed by atoms with van der Waals surface area (Å²) in [6.45, 7) is 5.76. The summed E-state index contributed by atoms with van der Waals surface area (Å²) in [4.78, 5) is 12.5. The molecule has 11 heteroatoms. The number of hydrogen-bond donors (Lipinski definition) is 1. The molecule has 0 aliphatic rings. The second-order valence-electron chi connectivity index (χ2n) is 7.94. The van der Waals surface area contributed by atoms with Crippen LogP contribution in [0, 0.1) is 0 Å². The topological polar surface area (TPSA) is 92.3 Å². The molecule has 0 saturated carbocycles. The average Bonchev–Trinajstić information content (AvgIpc) is 3.22. The van der Waals surface area contributed by atoms with Crippen LogP contribution in [-0.2, 0) is 16.4 Å². The highest BCUT2D eigenvalue weighted by molar-refractivity contribution is 7.93. The molecule has 2 aromatic carbocycles. The maximum absolute atomic E-state index is 13.3. The predicted molar refractivity (Wildman–Crippen MR) is 128 cm³/mol. The Kier molecular flexibility index (Phi) is 7.44. The highest BCUT2D eigenvalue weighted by Crippen LogP contribution is 2.32. The van der Waals surface area contributed by atoms with Crippen molar-refractivity contribution in [3.05, 3.63) is 69.1 Å². The normalized spacial score (nSPS) is 11.9. The fourth-order valence-electron chi connectivity index (χ4n) is 3.03. The van der Waals surface area contributed by atoms with Crippen molar-refractivity contribution in [2.24, 2.45) is 0 Å². The van der Waals surface area contributed by atoms with Gasteiger partial charge in [-0.1, -0.05) is 46.7 Å². The second kappa shape index (κ2) is 9.74. The monoisotopic (exact) mass is 512 g/mol. The maximum atomic E-state index is 13.3. The number of nitrogens with one attached hydrogen (secondary N) is 1. The smallest absolute Gasteiger partial charge is 0.266 e. The zero-order valence-corrected chi connectivity index (χ0v) is 20.8. The number of rotatable bonds is 7. The lowest BCUT2D eigenvalue weighted by molar-refractivity contribution is 0.0954. The minimum Gasteiger partial charge on any atom is -0.352 e. The van der Waals surface area contributed by atoms with E-state index in [0.29, 0.717) is 33.7 Å². The molecular weight excluding hydrogens is 491 g/mol. The molecule has 7 nitrogen and oxygen atoms in total. The van der Waals surface area contributed by atoms with E-state index >= 15 is 0 Å². The predicted octanol–water partition coefficient (Wildman–Crippen LogP) is 4.81. The summed E-state index contributed by atoms with van der Waals surface area (Å²) < 4.78 is 27.9. The Labute approximate surface area is 201 Å². The first-order valence-corrected chi connectivity index (χ1v) is 12.7. The van der Waals surface area contributed by atoms with Crippen LogP contribution in [0.5, 0.6) is 0 Å². The summed E-state index contributed by atoms with van der Waals surface area (Å²) in [5.74, 6) is -0.324. The number of carbonyl (C=O) groups is 1. The Morgan fingerprint density at radius 3 is 2.41 bits per heavy atom. The van der Waals surface area contributed by atoms with Crippen molar-refractivity contribution in [1.29, 1.82) is 0 Å². The van der Waals surface area contributed by atoms with E-state index in [2.05, 4.69) is 15.5 Å². The fraction of sp³-hybridized carbons (Fsp3) is 0.286. The molecule has 0 unspecified atom stereocenters. The summed E-state index contributed by atoms with van der Waals surface area (Å²) in [6.07, 6.45) is 0.517. The van der Waals surface area contributed by atoms with Crippen LogP contribution >= 0.6 is 34.5 Å². The number of amides is 1. The third kappa shape index (κ3) is 5.58. The molecule has 1 heterocycles. The fourth-order valence-corrected chi connectivity index (χ4v) is 6.13. The van der Waals surface area contributed by atoms with Crippen molar-refractivity contribution in [2.45, 2.75) is 37.6 Å². The summed E-state index contributed by atoms with van der Waals surface area (Å²) in [7, 11) is -3.83. The first kappa shape index (κ1) is 24.4. The van der Waals surface area contributed by atoms with Crippen molar-refractivity contribution in [3.63, 3.8) is 0 Å². The molecule has 0 fully saturated rings. The van der Waals surface area contributed by atoms with E-state index in [9.17, 15) is 13.2 Å². The van der Waals surface area contributed by atoms with Crippen LogP contribution in [-0.4, -0.2) is 36.6 Å². The van der Waals surface area contributed by atoms with Gasteiger partial charge in [-0.2, -0.15) is 0 Å². The number of anilines is 1. The van der Waals surface area contributed by atoms with E-state index in [0.717, 1.165) is 16.9 Å². The van der Waals surface area contributed by atoms with E-state index in [1.165, 1.54) is 15.9 Å². The van der Waals surface area contributed by atoms with Crippen LogP contribution in [0.15, 0.2) is 52.9 Å². The number of sulfonamides is 1. The number of halogens is 2. The van der Waals surface area contributed by atoms with Crippen LogP contribution in [0.2, 0.25) is 10.0 Å². The third-order valence-corrected chi connectivity index (χ3v) is 7.89. The lowest BCUT2D eigenvalue weighted by Gasteiger charge is -2.33. The van der Waals surface area contributed by atoms with Crippen molar-refractivity contribution in [1.82, 2.24) is 15.5 Å². The Hall–Kier alpha value is -2.20. The van der Waals surface area contributed by atoms with Crippen molar-refractivity contribution < 1.29 is 13.2 Å². The van der Waals surface area contributed by atoms with E-state index in [4.69, 9.17) is 23.2 Å². The number of hydrogen-bond acceptors (Lipinski definition) is 6. The summed E-state index contributed by atoms with van der Waals surface area (Å²) in [6, 6.07) is 11.3. The molecule has 1 N–H and O–H groups in total. The van der Waals surface area contributed by atoms with E-state index < -0.39 is 15.6 Å². The zero-order valence-electron chi connectivity index (χ0n) is 17.7. The molecule has 0 bridgehead atoms. The molecule has 3 rings (SSSR count). The van der Waals surface area contributed by atoms with E-state index in [-0.39, 0.29) is 10.8 Å². The molecule has 0 saturated heterocycles. The van der Waals surface area contributed by atoms with Crippen LogP contribution < -0.4 is 9.62 Å². The number of nitrogens with zero attached hydrogens (tertiary/aromatic N) is 3. The highest BCUT2D eigenvalue weighted by atomic mass is 35.5. The van der Waals surface area contributed by atoms with Crippen LogP contribution in [0.1, 0.15) is 36.7 Å².